The summed E-state index contributed by atoms with van der Waals surface area (Å²) in [5.74, 6) is 0.693. The van der Waals surface area contributed by atoms with Gasteiger partial charge in [0.15, 0.2) is 0 Å². The Labute approximate surface area is 190 Å². The number of hydrogen-bond acceptors (Lipinski definition) is 4. The maximum absolute atomic E-state index is 13.1. The van der Waals surface area contributed by atoms with Gasteiger partial charge in [-0.1, -0.05) is 17.7 Å². The molecule has 0 N–H and O–H groups in total. The van der Waals surface area contributed by atoms with Crippen LogP contribution in [0, 0.1) is 0 Å². The highest BCUT2D eigenvalue weighted by atomic mass is 35.5. The minimum absolute atomic E-state index is 0.0638. The molecule has 2 aliphatic rings. The van der Waals surface area contributed by atoms with Gasteiger partial charge in [0, 0.05) is 49.6 Å². The molecule has 2 fully saturated rings. The molecular weight excluding hydrogens is 410 g/mol. The van der Waals surface area contributed by atoms with Gasteiger partial charge in [0.1, 0.15) is 11.9 Å². The Morgan fingerprint density at radius 1 is 1.16 bits per heavy atom. The van der Waals surface area contributed by atoms with Crippen molar-refractivity contribution in [3.63, 3.8) is 0 Å². The minimum atomic E-state index is 0.0638. The molecule has 0 bridgehead atoms. The van der Waals surface area contributed by atoms with Crippen molar-refractivity contribution in [2.45, 2.75) is 57.6 Å². The number of benzene rings is 1. The summed E-state index contributed by atoms with van der Waals surface area (Å²) in [5, 5.41) is 0.604. The van der Waals surface area contributed by atoms with Crippen molar-refractivity contribution < 1.29 is 9.53 Å². The normalized spacial score (nSPS) is 19.2. The van der Waals surface area contributed by atoms with Crippen LogP contribution in [0.1, 0.15) is 54.9 Å². The highest BCUT2D eigenvalue weighted by Crippen LogP contribution is 2.29. The number of carbonyl (C=O) groups is 1. The molecule has 2 saturated heterocycles. The van der Waals surface area contributed by atoms with Gasteiger partial charge in [-0.2, -0.15) is 0 Å². The molecule has 1 aromatic heterocycles. The minimum Gasteiger partial charge on any atom is -0.489 e. The van der Waals surface area contributed by atoms with Crippen molar-refractivity contribution in [3.8, 4) is 5.75 Å². The zero-order chi connectivity index (χ0) is 21.6. The molecule has 2 aromatic rings. The molecule has 2 aliphatic heterocycles. The zero-order valence-corrected chi connectivity index (χ0v) is 19.1. The van der Waals surface area contributed by atoms with Gasteiger partial charge in [0.2, 0.25) is 0 Å². The lowest BCUT2D eigenvalue weighted by Crippen LogP contribution is -2.44. The van der Waals surface area contributed by atoms with E-state index in [1.54, 1.807) is 12.1 Å². The van der Waals surface area contributed by atoms with Crippen molar-refractivity contribution in [2.24, 2.45) is 0 Å². The molecule has 6 heteroatoms. The monoisotopic (exact) mass is 441 g/mol. The lowest BCUT2D eigenvalue weighted by atomic mass is 10.0. The summed E-state index contributed by atoms with van der Waals surface area (Å²) in [6.07, 6.45) is 10.1. The fourth-order valence-corrected chi connectivity index (χ4v) is 4.80. The standard InChI is InChI=1S/C25H32ClN3O2/c1-19(16-20-6-5-11-27-18-20)28-14-9-22(10-15-28)31-24-17-21(26)7-8-23(24)25(30)29-12-3-2-4-13-29/h5-8,11,17-19,22H,2-4,9-10,12-16H2,1H3/t19-/m0/s1. The number of likely N-dealkylation sites (tertiary alicyclic amines) is 2. The van der Waals surface area contributed by atoms with Crippen molar-refractivity contribution in [1.82, 2.24) is 14.8 Å². The second kappa shape index (κ2) is 10.5. The summed E-state index contributed by atoms with van der Waals surface area (Å²) in [6.45, 7) is 5.91. The molecule has 0 unspecified atom stereocenters. The van der Waals surface area contributed by atoms with E-state index in [1.807, 2.05) is 29.4 Å². The van der Waals surface area contributed by atoms with E-state index >= 15 is 0 Å². The number of piperidine rings is 2. The van der Waals surface area contributed by atoms with Crippen LogP contribution in [0.15, 0.2) is 42.7 Å². The average Bonchev–Trinajstić information content (AvgIpc) is 2.80. The molecule has 5 nitrogen and oxygen atoms in total. The summed E-state index contributed by atoms with van der Waals surface area (Å²) in [6, 6.07) is 10.0. The highest BCUT2D eigenvalue weighted by Gasteiger charge is 2.27. The predicted molar refractivity (Wildman–Crippen MR) is 124 cm³/mol. The summed E-state index contributed by atoms with van der Waals surface area (Å²) < 4.78 is 6.36. The molecule has 0 saturated carbocycles. The molecular formula is C25H32ClN3O2. The van der Waals surface area contributed by atoms with Gasteiger partial charge in [-0.05, 0) is 75.3 Å². The Bertz CT molecular complexity index is 862. The highest BCUT2D eigenvalue weighted by molar-refractivity contribution is 6.30. The van der Waals surface area contributed by atoms with Crippen molar-refractivity contribution in [1.29, 1.82) is 0 Å². The first-order chi connectivity index (χ1) is 15.1. The van der Waals surface area contributed by atoms with Crippen LogP contribution in [-0.4, -0.2) is 59.0 Å². The largest absolute Gasteiger partial charge is 0.489 e. The summed E-state index contributed by atoms with van der Waals surface area (Å²) in [4.78, 5) is 21.8. The van der Waals surface area contributed by atoms with Gasteiger partial charge in [-0.3, -0.25) is 9.78 Å². The summed E-state index contributed by atoms with van der Waals surface area (Å²) in [7, 11) is 0. The molecule has 0 spiro atoms. The van der Waals surface area contributed by atoms with E-state index in [0.29, 0.717) is 22.4 Å². The maximum atomic E-state index is 13.1. The zero-order valence-electron chi connectivity index (χ0n) is 18.3. The molecule has 3 heterocycles. The first-order valence-electron chi connectivity index (χ1n) is 11.5. The third-order valence-electron chi connectivity index (χ3n) is 6.46. The van der Waals surface area contributed by atoms with Crippen molar-refractivity contribution in [3.05, 3.63) is 58.9 Å². The summed E-state index contributed by atoms with van der Waals surface area (Å²) >= 11 is 6.25. The second-order valence-electron chi connectivity index (χ2n) is 8.76. The number of hydrogen-bond donors (Lipinski definition) is 0. The number of halogens is 1. The maximum Gasteiger partial charge on any atom is 0.257 e. The predicted octanol–water partition coefficient (Wildman–Crippen LogP) is 4.84. The van der Waals surface area contributed by atoms with E-state index in [9.17, 15) is 4.79 Å². The first-order valence-corrected chi connectivity index (χ1v) is 11.9. The Kier molecular flexibility index (Phi) is 7.46. The number of amides is 1. The number of ether oxygens (including phenoxy) is 1. The van der Waals surface area contributed by atoms with E-state index in [0.717, 1.165) is 58.3 Å². The van der Waals surface area contributed by atoms with E-state index in [4.69, 9.17) is 16.3 Å². The van der Waals surface area contributed by atoms with Crippen LogP contribution >= 0.6 is 11.6 Å². The molecule has 1 aromatic carbocycles. The van der Waals surface area contributed by atoms with Crippen LogP contribution in [0.4, 0.5) is 0 Å². The molecule has 0 radical (unpaired) electrons. The van der Waals surface area contributed by atoms with Crippen LogP contribution in [0.3, 0.4) is 0 Å². The molecule has 166 valence electrons. The first kappa shape index (κ1) is 22.1. The molecule has 1 amide bonds. The van der Waals surface area contributed by atoms with Crippen LogP contribution in [0.25, 0.3) is 0 Å². The Hall–Kier alpha value is -2.11. The van der Waals surface area contributed by atoms with E-state index in [1.165, 1.54) is 12.0 Å². The fourth-order valence-electron chi connectivity index (χ4n) is 4.64. The number of carbonyl (C=O) groups excluding carboxylic acids is 1. The molecule has 31 heavy (non-hydrogen) atoms. The van der Waals surface area contributed by atoms with Gasteiger partial charge >= 0.3 is 0 Å². The number of pyridine rings is 1. The van der Waals surface area contributed by atoms with Gasteiger partial charge in [-0.15, -0.1) is 0 Å². The number of nitrogens with zero attached hydrogens (tertiary/aromatic N) is 3. The second-order valence-corrected chi connectivity index (χ2v) is 9.20. The molecule has 4 rings (SSSR count). The summed E-state index contributed by atoms with van der Waals surface area (Å²) in [5.41, 5.74) is 1.91. The Balaban J connectivity index is 1.36. The fraction of sp³-hybridized carbons (Fsp3) is 0.520. The van der Waals surface area contributed by atoms with Gasteiger partial charge in [-0.25, -0.2) is 0 Å². The van der Waals surface area contributed by atoms with Crippen molar-refractivity contribution in [2.75, 3.05) is 26.2 Å². The lowest BCUT2D eigenvalue weighted by Gasteiger charge is -2.36. The van der Waals surface area contributed by atoms with E-state index < -0.39 is 0 Å². The van der Waals surface area contributed by atoms with Crippen LogP contribution < -0.4 is 4.74 Å². The third-order valence-corrected chi connectivity index (χ3v) is 6.70. The van der Waals surface area contributed by atoms with Gasteiger partial charge < -0.3 is 14.5 Å². The van der Waals surface area contributed by atoms with E-state index in [-0.39, 0.29) is 12.0 Å². The van der Waals surface area contributed by atoms with Gasteiger partial charge in [0.05, 0.1) is 5.56 Å². The van der Waals surface area contributed by atoms with Crippen LogP contribution in [0.5, 0.6) is 5.75 Å². The average molecular weight is 442 g/mol. The lowest BCUT2D eigenvalue weighted by molar-refractivity contribution is 0.0683. The number of rotatable bonds is 6. The van der Waals surface area contributed by atoms with Crippen molar-refractivity contribution >= 4 is 17.5 Å². The van der Waals surface area contributed by atoms with Crippen LogP contribution in [-0.2, 0) is 6.42 Å². The molecule has 0 aliphatic carbocycles. The smallest absolute Gasteiger partial charge is 0.257 e. The number of aromatic nitrogens is 1. The Morgan fingerprint density at radius 3 is 2.65 bits per heavy atom. The van der Waals surface area contributed by atoms with E-state index in [2.05, 4.69) is 22.9 Å². The quantitative estimate of drug-likeness (QED) is 0.643. The Morgan fingerprint density at radius 2 is 1.94 bits per heavy atom. The topological polar surface area (TPSA) is 45.7 Å². The SMILES string of the molecule is C[C@@H](Cc1cccnc1)N1CCC(Oc2cc(Cl)ccc2C(=O)N2CCCCC2)CC1. The van der Waals surface area contributed by atoms with Gasteiger partial charge in [0.25, 0.3) is 5.91 Å². The molecule has 1 atom stereocenters. The third kappa shape index (κ3) is 5.78. The van der Waals surface area contributed by atoms with Crippen LogP contribution in [0.2, 0.25) is 5.02 Å².